The Labute approximate surface area is 105 Å². The van der Waals surface area contributed by atoms with Crippen molar-refractivity contribution in [3.05, 3.63) is 29.8 Å². The molecule has 0 radical (unpaired) electrons. The van der Waals surface area contributed by atoms with Crippen molar-refractivity contribution >= 4 is 21.6 Å². The molecule has 1 rings (SSSR count). The van der Waals surface area contributed by atoms with E-state index in [1.807, 2.05) is 0 Å². The van der Waals surface area contributed by atoms with Crippen molar-refractivity contribution < 1.29 is 23.1 Å². The summed E-state index contributed by atoms with van der Waals surface area (Å²) in [4.78, 5) is 22.0. The first-order valence-electron chi connectivity index (χ1n) is 5.40. The number of hydrogen-bond donors (Lipinski definition) is 1. The first-order valence-corrected chi connectivity index (χ1v) is 6.95. The maximum Gasteiger partial charge on any atom is 0.321 e. The van der Waals surface area contributed by atoms with Crippen molar-refractivity contribution in [2.45, 2.75) is 30.4 Å². The Morgan fingerprint density at radius 3 is 2.11 bits per heavy atom. The smallest absolute Gasteiger partial charge is 0.321 e. The van der Waals surface area contributed by atoms with E-state index in [1.54, 1.807) is 6.92 Å². The lowest BCUT2D eigenvalue weighted by molar-refractivity contribution is -0.136. The van der Waals surface area contributed by atoms with Crippen molar-refractivity contribution in [3.8, 4) is 0 Å². The second kappa shape index (κ2) is 5.30. The van der Waals surface area contributed by atoms with Crippen LogP contribution in [0.15, 0.2) is 29.2 Å². The van der Waals surface area contributed by atoms with E-state index in [9.17, 15) is 18.0 Å². The third kappa shape index (κ3) is 2.76. The average Bonchev–Trinajstić information content (AvgIpc) is 2.36. The summed E-state index contributed by atoms with van der Waals surface area (Å²) in [5.74, 6) is -1.49. The SMILES string of the molecule is CCC(=O)c1ccc(S(=O)(=O)C(C)C(=O)O)cc1. The molecule has 0 bridgehead atoms. The van der Waals surface area contributed by atoms with Gasteiger partial charge >= 0.3 is 5.97 Å². The summed E-state index contributed by atoms with van der Waals surface area (Å²) in [6.07, 6.45) is 0.331. The van der Waals surface area contributed by atoms with Crippen molar-refractivity contribution in [1.29, 1.82) is 0 Å². The van der Waals surface area contributed by atoms with Crippen LogP contribution in [0.2, 0.25) is 0 Å². The molecule has 1 aromatic carbocycles. The van der Waals surface area contributed by atoms with Crippen LogP contribution in [0.3, 0.4) is 0 Å². The van der Waals surface area contributed by atoms with Gasteiger partial charge in [-0.1, -0.05) is 19.1 Å². The van der Waals surface area contributed by atoms with Gasteiger partial charge in [0.05, 0.1) is 4.90 Å². The Morgan fingerprint density at radius 2 is 1.72 bits per heavy atom. The molecule has 1 aromatic rings. The zero-order chi connectivity index (χ0) is 13.9. The fourth-order valence-corrected chi connectivity index (χ4v) is 2.56. The topological polar surface area (TPSA) is 88.5 Å². The average molecular weight is 270 g/mol. The molecule has 0 spiro atoms. The molecule has 0 amide bonds. The maximum atomic E-state index is 11.9. The molecular weight excluding hydrogens is 256 g/mol. The molecule has 6 heteroatoms. The lowest BCUT2D eigenvalue weighted by Crippen LogP contribution is -2.26. The summed E-state index contributed by atoms with van der Waals surface area (Å²) in [5, 5.41) is 7.22. The van der Waals surface area contributed by atoms with Gasteiger partial charge in [-0.3, -0.25) is 9.59 Å². The molecule has 1 N–H and O–H groups in total. The number of rotatable bonds is 5. The number of benzene rings is 1. The number of carboxylic acids is 1. The summed E-state index contributed by atoms with van der Waals surface area (Å²) in [6, 6.07) is 5.32. The predicted octanol–water partition coefficient (Wildman–Crippen LogP) is 1.53. The molecule has 18 heavy (non-hydrogen) atoms. The van der Waals surface area contributed by atoms with Crippen molar-refractivity contribution in [3.63, 3.8) is 0 Å². The van der Waals surface area contributed by atoms with E-state index in [2.05, 4.69) is 0 Å². The van der Waals surface area contributed by atoms with Crippen LogP contribution in [0.25, 0.3) is 0 Å². The van der Waals surface area contributed by atoms with Gasteiger partial charge in [0.15, 0.2) is 20.9 Å². The van der Waals surface area contributed by atoms with E-state index in [0.717, 1.165) is 6.92 Å². The van der Waals surface area contributed by atoms with Crippen LogP contribution >= 0.6 is 0 Å². The van der Waals surface area contributed by atoms with Crippen molar-refractivity contribution in [2.75, 3.05) is 0 Å². The standard InChI is InChI=1S/C12H14O5S/c1-3-11(13)9-4-6-10(7-5-9)18(16,17)8(2)12(14)15/h4-8H,3H2,1-2H3,(H,14,15). The van der Waals surface area contributed by atoms with Crippen LogP contribution in [-0.2, 0) is 14.6 Å². The number of ketones is 1. The van der Waals surface area contributed by atoms with E-state index < -0.39 is 21.1 Å². The van der Waals surface area contributed by atoms with Gasteiger partial charge in [0, 0.05) is 12.0 Å². The second-order valence-electron chi connectivity index (χ2n) is 3.83. The Hall–Kier alpha value is -1.69. The Bertz CT molecular complexity index is 557. The number of carbonyl (C=O) groups excluding carboxylic acids is 1. The molecule has 0 aliphatic rings. The lowest BCUT2D eigenvalue weighted by Gasteiger charge is -2.08. The number of Topliss-reactive ketones (excluding diaryl/α,β-unsaturated/α-hetero) is 1. The van der Waals surface area contributed by atoms with E-state index in [1.165, 1.54) is 24.3 Å². The molecule has 0 heterocycles. The molecule has 0 aromatic heterocycles. The number of carboxylic acid groups (broad SMARTS) is 1. The van der Waals surface area contributed by atoms with Gasteiger partial charge in [-0.2, -0.15) is 0 Å². The van der Waals surface area contributed by atoms with Gasteiger partial charge in [0.25, 0.3) is 0 Å². The van der Waals surface area contributed by atoms with Gasteiger partial charge in [-0.25, -0.2) is 8.42 Å². The third-order valence-electron chi connectivity index (χ3n) is 2.64. The fourth-order valence-electron chi connectivity index (χ4n) is 1.37. The summed E-state index contributed by atoms with van der Waals surface area (Å²) >= 11 is 0. The molecule has 0 fully saturated rings. The quantitative estimate of drug-likeness (QED) is 0.819. The molecule has 0 aliphatic carbocycles. The van der Waals surface area contributed by atoms with Crippen LogP contribution in [0.5, 0.6) is 0 Å². The zero-order valence-electron chi connectivity index (χ0n) is 10.1. The first-order chi connectivity index (χ1) is 8.30. The normalized spacial score (nSPS) is 13.0. The third-order valence-corrected chi connectivity index (χ3v) is 4.70. The van der Waals surface area contributed by atoms with Crippen LogP contribution in [0.4, 0.5) is 0 Å². The monoisotopic (exact) mass is 270 g/mol. The summed E-state index contributed by atoms with van der Waals surface area (Å²) in [7, 11) is -3.90. The van der Waals surface area contributed by atoms with Gasteiger partial charge in [-0.05, 0) is 19.1 Å². The molecule has 0 saturated heterocycles. The summed E-state index contributed by atoms with van der Waals surface area (Å²) in [5.41, 5.74) is 0.416. The van der Waals surface area contributed by atoms with Gasteiger partial charge in [0.2, 0.25) is 0 Å². The minimum absolute atomic E-state index is 0.0924. The molecule has 1 unspecified atom stereocenters. The highest BCUT2D eigenvalue weighted by Gasteiger charge is 2.29. The highest BCUT2D eigenvalue weighted by atomic mass is 32.2. The van der Waals surface area contributed by atoms with E-state index in [-0.39, 0.29) is 10.7 Å². The second-order valence-corrected chi connectivity index (χ2v) is 6.10. The minimum atomic E-state index is -3.90. The first kappa shape index (κ1) is 14.4. The van der Waals surface area contributed by atoms with Gasteiger partial charge in [-0.15, -0.1) is 0 Å². The van der Waals surface area contributed by atoms with Crippen LogP contribution in [-0.4, -0.2) is 30.5 Å². The molecule has 98 valence electrons. The van der Waals surface area contributed by atoms with Crippen LogP contribution in [0, 0.1) is 0 Å². The Kier molecular flexibility index (Phi) is 4.24. The van der Waals surface area contributed by atoms with E-state index in [4.69, 9.17) is 5.11 Å². The Balaban J connectivity index is 3.13. The zero-order valence-corrected chi connectivity index (χ0v) is 10.9. The van der Waals surface area contributed by atoms with E-state index >= 15 is 0 Å². The highest BCUT2D eigenvalue weighted by molar-refractivity contribution is 7.92. The predicted molar refractivity (Wildman–Crippen MR) is 65.3 cm³/mol. The molecule has 0 saturated carbocycles. The van der Waals surface area contributed by atoms with Crippen LogP contribution < -0.4 is 0 Å². The molecule has 5 nitrogen and oxygen atoms in total. The molecule has 1 atom stereocenters. The minimum Gasteiger partial charge on any atom is -0.480 e. The largest absolute Gasteiger partial charge is 0.480 e. The molecular formula is C12H14O5S. The van der Waals surface area contributed by atoms with Crippen LogP contribution in [0.1, 0.15) is 30.6 Å². The Morgan fingerprint density at radius 1 is 1.22 bits per heavy atom. The van der Waals surface area contributed by atoms with E-state index in [0.29, 0.717) is 12.0 Å². The van der Waals surface area contributed by atoms with Crippen molar-refractivity contribution in [1.82, 2.24) is 0 Å². The van der Waals surface area contributed by atoms with Gasteiger partial charge < -0.3 is 5.11 Å². The summed E-state index contributed by atoms with van der Waals surface area (Å²) in [6.45, 7) is 2.82. The summed E-state index contributed by atoms with van der Waals surface area (Å²) < 4.78 is 23.7. The highest BCUT2D eigenvalue weighted by Crippen LogP contribution is 2.17. The number of sulfone groups is 1. The molecule has 0 aliphatic heterocycles. The number of hydrogen-bond acceptors (Lipinski definition) is 4. The number of carbonyl (C=O) groups is 2. The van der Waals surface area contributed by atoms with Crippen molar-refractivity contribution in [2.24, 2.45) is 0 Å². The fraction of sp³-hybridized carbons (Fsp3) is 0.333. The lowest BCUT2D eigenvalue weighted by atomic mass is 10.1. The number of aliphatic carboxylic acids is 1. The van der Waals surface area contributed by atoms with Gasteiger partial charge in [0.1, 0.15) is 0 Å². The maximum absolute atomic E-state index is 11.9.